The molecule has 0 amide bonds. The number of epoxide rings is 1. The predicted octanol–water partition coefficient (Wildman–Crippen LogP) is 0.656. The van der Waals surface area contributed by atoms with E-state index in [2.05, 4.69) is 6.58 Å². The van der Waals surface area contributed by atoms with Gasteiger partial charge >= 0.3 is 0 Å². The van der Waals surface area contributed by atoms with Gasteiger partial charge in [-0.15, -0.1) is 6.58 Å². The highest BCUT2D eigenvalue weighted by molar-refractivity contribution is 5.27. The van der Waals surface area contributed by atoms with Crippen molar-refractivity contribution in [1.29, 1.82) is 0 Å². The molecule has 1 aliphatic heterocycles. The van der Waals surface area contributed by atoms with Crippen molar-refractivity contribution in [2.24, 2.45) is 0 Å². The zero-order chi connectivity index (χ0) is 16.4. The maximum Gasteiger partial charge on any atom is 0.149 e. The SMILES string of the molecule is C=CCO[C@H]1[C@H](O)[C@@H](OCc2ccc(OC)cc2)[C@@H]2O[C@@]12CO. The lowest BCUT2D eigenvalue weighted by Gasteiger charge is -2.25. The minimum absolute atomic E-state index is 0.209. The van der Waals surface area contributed by atoms with Gasteiger partial charge in [-0.3, -0.25) is 0 Å². The van der Waals surface area contributed by atoms with Gasteiger partial charge in [-0.25, -0.2) is 0 Å². The summed E-state index contributed by atoms with van der Waals surface area (Å²) >= 11 is 0. The van der Waals surface area contributed by atoms with Crippen LogP contribution in [0.3, 0.4) is 0 Å². The van der Waals surface area contributed by atoms with E-state index < -0.39 is 23.9 Å². The molecule has 23 heavy (non-hydrogen) atoms. The molecule has 0 radical (unpaired) electrons. The van der Waals surface area contributed by atoms with Crippen molar-refractivity contribution in [3.63, 3.8) is 0 Å². The summed E-state index contributed by atoms with van der Waals surface area (Å²) in [5.74, 6) is 0.775. The summed E-state index contributed by atoms with van der Waals surface area (Å²) in [6.45, 7) is 4.00. The Balaban J connectivity index is 1.63. The summed E-state index contributed by atoms with van der Waals surface area (Å²) in [7, 11) is 1.61. The van der Waals surface area contributed by atoms with Crippen molar-refractivity contribution in [3.05, 3.63) is 42.5 Å². The Kier molecular flexibility index (Phi) is 4.70. The Hall–Kier alpha value is -1.44. The van der Waals surface area contributed by atoms with Crippen LogP contribution >= 0.6 is 0 Å². The highest BCUT2D eigenvalue weighted by Gasteiger charge is 2.74. The maximum atomic E-state index is 10.4. The largest absolute Gasteiger partial charge is 0.497 e. The molecular formula is C17H22O6. The number of methoxy groups -OCH3 is 1. The Morgan fingerprint density at radius 1 is 1.30 bits per heavy atom. The molecule has 0 unspecified atom stereocenters. The zero-order valence-electron chi connectivity index (χ0n) is 13.1. The summed E-state index contributed by atoms with van der Waals surface area (Å²) in [5, 5.41) is 20.0. The van der Waals surface area contributed by atoms with Crippen LogP contribution in [0.1, 0.15) is 5.56 Å². The lowest BCUT2D eigenvalue weighted by molar-refractivity contribution is -0.132. The standard InChI is InChI=1S/C17H22O6/c1-3-8-21-15-13(19)14(16-17(15,10-18)23-16)22-9-11-4-6-12(20-2)7-5-11/h3-7,13-16,18-19H,1,8-10H2,2H3/t13-,14-,15+,16+,17+/m1/s1. The summed E-state index contributed by atoms with van der Waals surface area (Å²) in [4.78, 5) is 0. The third-order valence-corrected chi connectivity index (χ3v) is 4.44. The first-order chi connectivity index (χ1) is 11.2. The predicted molar refractivity (Wildman–Crippen MR) is 82.2 cm³/mol. The van der Waals surface area contributed by atoms with Gasteiger partial charge in [-0.2, -0.15) is 0 Å². The second-order valence-corrected chi connectivity index (χ2v) is 5.81. The minimum atomic E-state index is -0.854. The van der Waals surface area contributed by atoms with Gasteiger partial charge in [0.2, 0.25) is 0 Å². The Morgan fingerprint density at radius 3 is 2.65 bits per heavy atom. The molecule has 1 aromatic rings. The fourth-order valence-corrected chi connectivity index (χ4v) is 3.15. The molecule has 6 heteroatoms. The topological polar surface area (TPSA) is 80.7 Å². The van der Waals surface area contributed by atoms with Crippen molar-refractivity contribution in [2.75, 3.05) is 20.3 Å². The second-order valence-electron chi connectivity index (χ2n) is 5.81. The number of ether oxygens (including phenoxy) is 4. The molecule has 126 valence electrons. The first-order valence-electron chi connectivity index (χ1n) is 7.60. The number of aliphatic hydroxyl groups is 2. The van der Waals surface area contributed by atoms with Crippen LogP contribution in [0.5, 0.6) is 5.75 Å². The van der Waals surface area contributed by atoms with E-state index in [9.17, 15) is 10.2 Å². The van der Waals surface area contributed by atoms with Crippen LogP contribution in [0.15, 0.2) is 36.9 Å². The average molecular weight is 322 g/mol. The van der Waals surface area contributed by atoms with E-state index in [4.69, 9.17) is 18.9 Å². The van der Waals surface area contributed by atoms with Crippen LogP contribution in [0.25, 0.3) is 0 Å². The highest BCUT2D eigenvalue weighted by atomic mass is 16.7. The van der Waals surface area contributed by atoms with E-state index in [-0.39, 0.29) is 19.3 Å². The number of fused-ring (bicyclic) bond motifs is 1. The molecule has 1 aromatic carbocycles. The fourth-order valence-electron chi connectivity index (χ4n) is 3.15. The molecule has 3 rings (SSSR count). The van der Waals surface area contributed by atoms with Crippen LogP contribution in [0.2, 0.25) is 0 Å². The fraction of sp³-hybridized carbons (Fsp3) is 0.529. The van der Waals surface area contributed by atoms with Crippen LogP contribution in [0.4, 0.5) is 0 Å². The van der Waals surface area contributed by atoms with E-state index >= 15 is 0 Å². The van der Waals surface area contributed by atoms with Gasteiger partial charge in [-0.05, 0) is 17.7 Å². The van der Waals surface area contributed by atoms with Gasteiger partial charge < -0.3 is 29.2 Å². The van der Waals surface area contributed by atoms with Crippen molar-refractivity contribution < 1.29 is 29.2 Å². The molecule has 1 saturated heterocycles. The molecule has 1 saturated carbocycles. The molecule has 2 fully saturated rings. The molecule has 1 aliphatic carbocycles. The summed E-state index contributed by atoms with van der Waals surface area (Å²) < 4.78 is 22.1. The van der Waals surface area contributed by atoms with Gasteiger partial charge in [0.25, 0.3) is 0 Å². The summed E-state index contributed by atoms with van der Waals surface area (Å²) in [6, 6.07) is 7.51. The number of benzene rings is 1. The zero-order valence-corrected chi connectivity index (χ0v) is 13.1. The van der Waals surface area contributed by atoms with Gasteiger partial charge in [0.15, 0.2) is 0 Å². The van der Waals surface area contributed by atoms with Gasteiger partial charge in [0, 0.05) is 0 Å². The van der Waals surface area contributed by atoms with E-state index in [0.717, 1.165) is 11.3 Å². The third-order valence-electron chi connectivity index (χ3n) is 4.44. The van der Waals surface area contributed by atoms with Crippen LogP contribution < -0.4 is 4.74 Å². The minimum Gasteiger partial charge on any atom is -0.497 e. The first-order valence-corrected chi connectivity index (χ1v) is 7.60. The molecule has 2 aliphatic rings. The van der Waals surface area contributed by atoms with Crippen molar-refractivity contribution in [2.45, 2.75) is 36.6 Å². The first kappa shape index (κ1) is 16.4. The van der Waals surface area contributed by atoms with Gasteiger partial charge in [0.1, 0.15) is 35.8 Å². The second kappa shape index (κ2) is 6.59. The number of rotatable bonds is 8. The van der Waals surface area contributed by atoms with Crippen molar-refractivity contribution in [3.8, 4) is 5.75 Å². The molecule has 1 heterocycles. The molecule has 0 bridgehead atoms. The maximum absolute atomic E-state index is 10.4. The van der Waals surface area contributed by atoms with Crippen LogP contribution in [-0.4, -0.2) is 60.6 Å². The van der Waals surface area contributed by atoms with Gasteiger partial charge in [0.05, 0.1) is 26.9 Å². The third kappa shape index (κ3) is 2.88. The lowest BCUT2D eigenvalue weighted by Crippen LogP contribution is -2.43. The summed E-state index contributed by atoms with van der Waals surface area (Å²) in [5.41, 5.74) is 0.108. The van der Waals surface area contributed by atoms with E-state index in [1.165, 1.54) is 0 Å². The Morgan fingerprint density at radius 2 is 2.04 bits per heavy atom. The quantitative estimate of drug-likeness (QED) is 0.540. The average Bonchev–Trinajstić information content (AvgIpc) is 3.26. The molecule has 2 N–H and O–H groups in total. The number of aliphatic hydroxyl groups excluding tert-OH is 2. The van der Waals surface area contributed by atoms with Crippen LogP contribution in [-0.2, 0) is 20.8 Å². The monoisotopic (exact) mass is 322 g/mol. The van der Waals surface area contributed by atoms with E-state index in [0.29, 0.717) is 6.61 Å². The molecule has 6 nitrogen and oxygen atoms in total. The van der Waals surface area contributed by atoms with Crippen molar-refractivity contribution >= 4 is 0 Å². The number of hydrogen-bond acceptors (Lipinski definition) is 6. The molecular weight excluding hydrogens is 300 g/mol. The van der Waals surface area contributed by atoms with Crippen LogP contribution in [0, 0.1) is 0 Å². The molecule has 0 aromatic heterocycles. The molecule has 5 atom stereocenters. The van der Waals surface area contributed by atoms with Crippen molar-refractivity contribution in [1.82, 2.24) is 0 Å². The smallest absolute Gasteiger partial charge is 0.149 e. The Labute approximate surface area is 135 Å². The molecule has 0 spiro atoms. The highest BCUT2D eigenvalue weighted by Crippen LogP contribution is 2.52. The normalized spacial score (nSPS) is 34.9. The lowest BCUT2D eigenvalue weighted by atomic mass is 10.1. The Bertz CT molecular complexity index is 545. The van der Waals surface area contributed by atoms with E-state index in [1.54, 1.807) is 13.2 Å². The number of hydrogen-bond donors (Lipinski definition) is 2. The van der Waals surface area contributed by atoms with E-state index in [1.807, 2.05) is 24.3 Å². The summed E-state index contributed by atoms with van der Waals surface area (Å²) in [6.07, 6.45) is -0.745. The van der Waals surface area contributed by atoms with Gasteiger partial charge in [-0.1, -0.05) is 18.2 Å².